The van der Waals surface area contributed by atoms with E-state index in [0.717, 1.165) is 33.2 Å². The minimum atomic E-state index is -0.374. The maximum Gasteiger partial charge on any atom is 0.149 e. The second-order valence-corrected chi connectivity index (χ2v) is 7.31. The molecule has 0 N–H and O–H groups in total. The summed E-state index contributed by atoms with van der Waals surface area (Å²) in [7, 11) is 0. The van der Waals surface area contributed by atoms with Crippen molar-refractivity contribution >= 4 is 33.4 Å². The van der Waals surface area contributed by atoms with E-state index in [0.29, 0.717) is 6.42 Å². The molecule has 4 heteroatoms. The number of carbonyl (C=O) groups excluding carboxylic acids is 2. The van der Waals surface area contributed by atoms with Crippen LogP contribution < -0.4 is 0 Å². The molecule has 136 valence electrons. The van der Waals surface area contributed by atoms with Crippen LogP contribution in [0.2, 0.25) is 0 Å². The minimum absolute atomic E-state index is 0.0511. The molecule has 4 aromatic rings. The highest BCUT2D eigenvalue weighted by Crippen LogP contribution is 2.37. The van der Waals surface area contributed by atoms with Crippen LogP contribution in [0.4, 0.5) is 0 Å². The number of Topliss-reactive ketones (excluding diaryl/α,β-unsaturated/α-hetero) is 2. The Morgan fingerprint density at radius 2 is 1.07 bits per heavy atom. The van der Waals surface area contributed by atoms with Crippen LogP contribution in [0, 0.1) is 0 Å². The summed E-state index contributed by atoms with van der Waals surface area (Å²) in [5.74, 6) is -0.851. The third kappa shape index (κ3) is 2.87. The summed E-state index contributed by atoms with van der Waals surface area (Å²) in [6.45, 7) is 0. The Balaban J connectivity index is 1.52. The Labute approximate surface area is 162 Å². The smallest absolute Gasteiger partial charge is 0.149 e. The van der Waals surface area contributed by atoms with Gasteiger partial charge in [-0.25, -0.2) is 0 Å². The van der Waals surface area contributed by atoms with E-state index >= 15 is 0 Å². The molecule has 2 unspecified atom stereocenters. The number of carbonyl (C=O) groups is 2. The zero-order valence-electron chi connectivity index (χ0n) is 15.2. The topological polar surface area (TPSA) is 59.9 Å². The summed E-state index contributed by atoms with van der Waals surface area (Å²) in [6, 6.07) is 23.5. The normalized spacial score (nSPS) is 20.0. The van der Waals surface area contributed by atoms with Gasteiger partial charge in [-0.15, -0.1) is 0 Å². The number of fused-ring (bicyclic) bond motifs is 2. The first-order valence-corrected chi connectivity index (χ1v) is 9.46. The minimum Gasteiger partial charge on any atom is -0.298 e. The van der Waals surface area contributed by atoms with E-state index in [-0.39, 0.29) is 29.8 Å². The fraction of sp³-hybridized carbons (Fsp3) is 0.167. The number of rotatable bonds is 2. The van der Waals surface area contributed by atoms with Gasteiger partial charge >= 0.3 is 0 Å². The standard InChI is InChI=1S/C24H18N2O2/c27-23-14-24(28)18(22-12-10-16-6-2-4-8-20(16)26-22)13-17(23)21-11-9-15-5-1-3-7-19(15)25-21/h1-12,17-18H,13-14H2. The van der Waals surface area contributed by atoms with Crippen molar-refractivity contribution in [2.45, 2.75) is 24.7 Å². The van der Waals surface area contributed by atoms with Gasteiger partial charge in [-0.1, -0.05) is 48.5 Å². The lowest BCUT2D eigenvalue weighted by atomic mass is 9.76. The molecule has 1 aliphatic rings. The van der Waals surface area contributed by atoms with E-state index < -0.39 is 0 Å². The molecule has 5 rings (SSSR count). The monoisotopic (exact) mass is 366 g/mol. The van der Waals surface area contributed by atoms with Gasteiger partial charge in [0.2, 0.25) is 0 Å². The highest BCUT2D eigenvalue weighted by molar-refractivity contribution is 6.07. The number of aromatic nitrogens is 2. The van der Waals surface area contributed by atoms with Gasteiger partial charge in [-0.05, 0) is 30.7 Å². The van der Waals surface area contributed by atoms with Gasteiger partial charge in [0.05, 0.1) is 40.7 Å². The van der Waals surface area contributed by atoms with Crippen LogP contribution in [0.5, 0.6) is 0 Å². The van der Waals surface area contributed by atoms with Crippen LogP contribution in [-0.2, 0) is 9.59 Å². The van der Waals surface area contributed by atoms with Crippen LogP contribution in [0.25, 0.3) is 21.8 Å². The van der Waals surface area contributed by atoms with Gasteiger partial charge in [-0.2, -0.15) is 0 Å². The van der Waals surface area contributed by atoms with Crippen molar-refractivity contribution in [3.8, 4) is 0 Å². The lowest BCUT2D eigenvalue weighted by molar-refractivity contribution is -0.132. The summed E-state index contributed by atoms with van der Waals surface area (Å²) >= 11 is 0. The lowest BCUT2D eigenvalue weighted by Gasteiger charge is -2.26. The summed E-state index contributed by atoms with van der Waals surface area (Å²) in [5.41, 5.74) is 3.21. The number of hydrogen-bond donors (Lipinski definition) is 0. The second-order valence-electron chi connectivity index (χ2n) is 7.31. The Morgan fingerprint density at radius 1 is 0.607 bits per heavy atom. The third-order valence-electron chi connectivity index (χ3n) is 5.55. The van der Waals surface area contributed by atoms with Gasteiger partial charge in [0.25, 0.3) is 0 Å². The fourth-order valence-electron chi connectivity index (χ4n) is 4.04. The van der Waals surface area contributed by atoms with Crippen molar-refractivity contribution < 1.29 is 9.59 Å². The van der Waals surface area contributed by atoms with Crippen molar-refractivity contribution in [3.63, 3.8) is 0 Å². The highest BCUT2D eigenvalue weighted by Gasteiger charge is 2.37. The summed E-state index contributed by atoms with van der Waals surface area (Å²) < 4.78 is 0. The molecule has 0 saturated heterocycles. The number of para-hydroxylation sites is 2. The van der Waals surface area contributed by atoms with Crippen molar-refractivity contribution in [1.82, 2.24) is 9.97 Å². The van der Waals surface area contributed by atoms with Crippen molar-refractivity contribution in [3.05, 3.63) is 84.2 Å². The largest absolute Gasteiger partial charge is 0.298 e. The van der Waals surface area contributed by atoms with Crippen LogP contribution in [0.1, 0.15) is 36.1 Å². The second kappa shape index (κ2) is 6.64. The van der Waals surface area contributed by atoms with Crippen LogP contribution >= 0.6 is 0 Å². The third-order valence-corrected chi connectivity index (χ3v) is 5.55. The molecule has 0 bridgehead atoms. The first kappa shape index (κ1) is 16.8. The predicted octanol–water partition coefficient (Wildman–Crippen LogP) is 4.58. The lowest BCUT2D eigenvalue weighted by Crippen LogP contribution is -2.30. The highest BCUT2D eigenvalue weighted by atomic mass is 16.2. The average Bonchev–Trinajstić information content (AvgIpc) is 2.73. The number of benzene rings is 2. The van der Waals surface area contributed by atoms with E-state index in [4.69, 9.17) is 9.97 Å². The number of pyridine rings is 2. The fourth-order valence-corrected chi connectivity index (χ4v) is 4.04. The molecule has 2 aromatic carbocycles. The molecule has 0 radical (unpaired) electrons. The molecule has 0 amide bonds. The summed E-state index contributed by atoms with van der Waals surface area (Å²) in [6.07, 6.45) is 0.368. The number of nitrogens with zero attached hydrogens (tertiary/aromatic N) is 2. The molecule has 1 saturated carbocycles. The van der Waals surface area contributed by atoms with Crippen LogP contribution in [0.3, 0.4) is 0 Å². The first-order chi connectivity index (χ1) is 13.7. The Bertz CT molecular complexity index is 1140. The molecule has 28 heavy (non-hydrogen) atoms. The predicted molar refractivity (Wildman–Crippen MR) is 108 cm³/mol. The van der Waals surface area contributed by atoms with E-state index in [1.807, 2.05) is 72.8 Å². The molecule has 2 aromatic heterocycles. The van der Waals surface area contributed by atoms with Gasteiger partial charge in [-0.3, -0.25) is 19.6 Å². The Kier molecular flexibility index (Phi) is 3.97. The molecule has 2 heterocycles. The average molecular weight is 366 g/mol. The van der Waals surface area contributed by atoms with Gasteiger partial charge < -0.3 is 0 Å². The van der Waals surface area contributed by atoms with Gasteiger partial charge in [0.1, 0.15) is 11.6 Å². The molecule has 2 atom stereocenters. The zero-order valence-corrected chi connectivity index (χ0v) is 15.2. The number of ketones is 2. The van der Waals surface area contributed by atoms with E-state index in [9.17, 15) is 9.59 Å². The van der Waals surface area contributed by atoms with Crippen molar-refractivity contribution in [2.75, 3.05) is 0 Å². The number of hydrogen-bond acceptors (Lipinski definition) is 4. The van der Waals surface area contributed by atoms with E-state index in [1.165, 1.54) is 0 Å². The van der Waals surface area contributed by atoms with Crippen LogP contribution in [-0.4, -0.2) is 21.5 Å². The molecule has 0 aliphatic heterocycles. The molecule has 4 nitrogen and oxygen atoms in total. The van der Waals surface area contributed by atoms with Crippen molar-refractivity contribution in [2.24, 2.45) is 0 Å². The molecular weight excluding hydrogens is 348 g/mol. The quantitative estimate of drug-likeness (QED) is 0.487. The summed E-state index contributed by atoms with van der Waals surface area (Å²) in [5, 5.41) is 2.08. The summed E-state index contributed by atoms with van der Waals surface area (Å²) in [4.78, 5) is 34.7. The SMILES string of the molecule is O=C1CC(=O)C(c2ccc3ccccc3n2)CC1c1ccc2ccccc2n1. The van der Waals surface area contributed by atoms with Gasteiger partial charge in [0.15, 0.2) is 0 Å². The molecule has 0 spiro atoms. The molecule has 1 fully saturated rings. The zero-order chi connectivity index (χ0) is 19.1. The van der Waals surface area contributed by atoms with Crippen LogP contribution in [0.15, 0.2) is 72.8 Å². The maximum atomic E-state index is 12.6. The first-order valence-electron chi connectivity index (χ1n) is 9.46. The molecular formula is C24H18N2O2. The van der Waals surface area contributed by atoms with E-state index in [2.05, 4.69) is 0 Å². The van der Waals surface area contributed by atoms with Crippen molar-refractivity contribution in [1.29, 1.82) is 0 Å². The van der Waals surface area contributed by atoms with Gasteiger partial charge in [0, 0.05) is 10.8 Å². The molecule has 1 aliphatic carbocycles. The van der Waals surface area contributed by atoms with E-state index in [1.54, 1.807) is 0 Å². The maximum absolute atomic E-state index is 12.6. The Morgan fingerprint density at radius 3 is 1.57 bits per heavy atom. The Hall–Kier alpha value is -3.40.